The van der Waals surface area contributed by atoms with Gasteiger partial charge in [0, 0.05) is 19.4 Å². The fourth-order valence-corrected chi connectivity index (χ4v) is 0.940. The van der Waals surface area contributed by atoms with Crippen molar-refractivity contribution in [2.75, 3.05) is 7.05 Å². The third-order valence-electron chi connectivity index (χ3n) is 1.61. The van der Waals surface area contributed by atoms with E-state index in [-0.39, 0.29) is 31.2 Å². The molecule has 3 nitrogen and oxygen atoms in total. The molecule has 0 spiro atoms. The van der Waals surface area contributed by atoms with E-state index in [1.54, 1.807) is 6.92 Å². The van der Waals surface area contributed by atoms with Crippen molar-refractivity contribution in [3.05, 3.63) is 0 Å². The zero-order valence-corrected chi connectivity index (χ0v) is 7.05. The van der Waals surface area contributed by atoms with Gasteiger partial charge in [-0.3, -0.25) is 14.5 Å². The number of carbonyl (C=O) groups excluding carboxylic acids is 2. The monoisotopic (exact) mass is 161 g/mol. The van der Waals surface area contributed by atoms with Gasteiger partial charge in [-0.25, -0.2) is 0 Å². The normalized spacial score (nSPS) is 25.0. The molecule has 0 aromatic heterocycles. The maximum atomic E-state index is 10.8. The third kappa shape index (κ3) is 1.31. The summed E-state index contributed by atoms with van der Waals surface area (Å²) in [6, 6.07) is 0. The van der Waals surface area contributed by atoms with Crippen molar-refractivity contribution in [3.8, 4) is 0 Å². The predicted molar refractivity (Wildman–Crippen MR) is 41.9 cm³/mol. The first-order chi connectivity index (χ1) is 4.13. The largest absolute Gasteiger partial charge is 0.286 e. The summed E-state index contributed by atoms with van der Waals surface area (Å²) in [5.41, 5.74) is 0. The van der Waals surface area contributed by atoms with Crippen molar-refractivity contribution in [2.45, 2.75) is 13.3 Å². The highest BCUT2D eigenvalue weighted by Gasteiger charge is 2.32. The van der Waals surface area contributed by atoms with Gasteiger partial charge in [-0.2, -0.15) is 13.5 Å². The molecule has 4 heteroatoms. The van der Waals surface area contributed by atoms with Crippen LogP contribution in [0.25, 0.3) is 0 Å². The van der Waals surface area contributed by atoms with Gasteiger partial charge >= 0.3 is 0 Å². The van der Waals surface area contributed by atoms with E-state index in [0.717, 1.165) is 0 Å². The molecule has 1 heterocycles. The molecule has 0 bridgehead atoms. The predicted octanol–water partition coefficient (Wildman–Crippen LogP) is 0.124. The zero-order valence-electron chi connectivity index (χ0n) is 6.05. The molecule has 0 radical (unpaired) electrons. The molecule has 1 rings (SSSR count). The minimum Gasteiger partial charge on any atom is -0.286 e. The Morgan fingerprint density at radius 1 is 1.50 bits per heavy atom. The van der Waals surface area contributed by atoms with E-state index in [2.05, 4.69) is 0 Å². The van der Waals surface area contributed by atoms with Gasteiger partial charge in [0.1, 0.15) is 0 Å². The van der Waals surface area contributed by atoms with Crippen LogP contribution in [0, 0.1) is 5.92 Å². The summed E-state index contributed by atoms with van der Waals surface area (Å²) < 4.78 is 0. The van der Waals surface area contributed by atoms with Crippen LogP contribution in [0.2, 0.25) is 0 Å². The van der Waals surface area contributed by atoms with Gasteiger partial charge in [0.05, 0.1) is 0 Å². The highest BCUT2D eigenvalue weighted by molar-refractivity contribution is 7.59. The number of imide groups is 1. The second-order valence-electron chi connectivity index (χ2n) is 2.40. The number of nitrogens with zero attached hydrogens (tertiary/aromatic N) is 1. The van der Waals surface area contributed by atoms with Crippen LogP contribution in [-0.2, 0) is 9.59 Å². The van der Waals surface area contributed by atoms with Crippen molar-refractivity contribution in [1.82, 2.24) is 4.90 Å². The Morgan fingerprint density at radius 3 is 2.10 bits per heavy atom. The molecular weight excluding hydrogens is 150 g/mol. The Morgan fingerprint density at radius 2 is 2.00 bits per heavy atom. The molecule has 0 N–H and O–H groups in total. The van der Waals surface area contributed by atoms with Crippen molar-refractivity contribution in [2.24, 2.45) is 5.92 Å². The average molecular weight is 161 g/mol. The molecule has 1 fully saturated rings. The van der Waals surface area contributed by atoms with Gasteiger partial charge in [-0.05, 0) is 0 Å². The average Bonchev–Trinajstić information content (AvgIpc) is 1.98. The van der Waals surface area contributed by atoms with Crippen LogP contribution >= 0.6 is 13.5 Å². The van der Waals surface area contributed by atoms with Crippen LogP contribution in [0.3, 0.4) is 0 Å². The molecule has 1 saturated heterocycles. The zero-order chi connectivity index (χ0) is 7.02. The molecule has 1 aliphatic rings. The summed E-state index contributed by atoms with van der Waals surface area (Å²) in [7, 11) is 1.52. The molecule has 1 unspecified atom stereocenters. The first-order valence-corrected chi connectivity index (χ1v) is 2.93. The van der Waals surface area contributed by atoms with Crippen LogP contribution in [0.5, 0.6) is 0 Å². The first kappa shape index (κ1) is 9.49. The second kappa shape index (κ2) is 3.05. The standard InChI is InChI=1S/C6H9NO2.H2S/c1-4-3-5(8)7(2)6(4)9;/h4H,3H2,1-2H3;1H2. The molecule has 0 saturated carbocycles. The SMILES string of the molecule is CC1CC(=O)N(C)C1=O.S. The van der Waals surface area contributed by atoms with Crippen molar-refractivity contribution in [3.63, 3.8) is 0 Å². The van der Waals surface area contributed by atoms with Gasteiger partial charge in [-0.15, -0.1) is 0 Å². The number of hydrogen-bond donors (Lipinski definition) is 0. The molecular formula is C6H11NO2S. The minimum absolute atomic E-state index is 0. The summed E-state index contributed by atoms with van der Waals surface area (Å²) in [4.78, 5) is 22.7. The summed E-state index contributed by atoms with van der Waals surface area (Å²) in [6.07, 6.45) is 0.384. The van der Waals surface area contributed by atoms with E-state index >= 15 is 0 Å². The lowest BCUT2D eigenvalue weighted by atomic mass is 10.1. The lowest BCUT2D eigenvalue weighted by Gasteiger charge is -2.03. The van der Waals surface area contributed by atoms with Crippen LogP contribution in [0.4, 0.5) is 0 Å². The third-order valence-corrected chi connectivity index (χ3v) is 1.61. The highest BCUT2D eigenvalue weighted by atomic mass is 32.1. The lowest BCUT2D eigenvalue weighted by Crippen LogP contribution is -2.24. The van der Waals surface area contributed by atoms with E-state index in [4.69, 9.17) is 0 Å². The van der Waals surface area contributed by atoms with Gasteiger partial charge in [0.25, 0.3) is 0 Å². The first-order valence-electron chi connectivity index (χ1n) is 2.93. The Bertz CT molecular complexity index is 169. The highest BCUT2D eigenvalue weighted by Crippen LogP contribution is 2.15. The van der Waals surface area contributed by atoms with Gasteiger partial charge in [-0.1, -0.05) is 6.92 Å². The number of likely N-dealkylation sites (tertiary alicyclic amines) is 1. The van der Waals surface area contributed by atoms with Gasteiger partial charge in [0.2, 0.25) is 11.8 Å². The minimum atomic E-state index is -0.0949. The van der Waals surface area contributed by atoms with Crippen molar-refractivity contribution < 1.29 is 9.59 Å². The smallest absolute Gasteiger partial charge is 0.232 e. The summed E-state index contributed by atoms with van der Waals surface area (Å²) in [5.74, 6) is -0.213. The number of carbonyl (C=O) groups is 2. The topological polar surface area (TPSA) is 37.4 Å². The van der Waals surface area contributed by atoms with Gasteiger partial charge < -0.3 is 0 Å². The molecule has 0 aliphatic carbocycles. The maximum absolute atomic E-state index is 10.8. The van der Waals surface area contributed by atoms with Crippen molar-refractivity contribution >= 4 is 25.3 Å². The van der Waals surface area contributed by atoms with Crippen LogP contribution in [0.15, 0.2) is 0 Å². The summed E-state index contributed by atoms with van der Waals surface area (Å²) in [5, 5.41) is 0. The number of rotatable bonds is 0. The molecule has 1 atom stereocenters. The van der Waals surface area contributed by atoms with Crippen LogP contribution in [-0.4, -0.2) is 23.8 Å². The quantitative estimate of drug-likeness (QED) is 0.473. The molecule has 0 aromatic carbocycles. The fourth-order valence-electron chi connectivity index (χ4n) is 0.940. The molecule has 2 amide bonds. The summed E-state index contributed by atoms with van der Waals surface area (Å²) >= 11 is 0. The Hall–Kier alpha value is -0.510. The fraction of sp³-hybridized carbons (Fsp3) is 0.667. The van der Waals surface area contributed by atoms with Crippen LogP contribution < -0.4 is 0 Å². The molecule has 58 valence electrons. The van der Waals surface area contributed by atoms with E-state index < -0.39 is 0 Å². The molecule has 0 aromatic rings. The Labute approximate surface area is 66.8 Å². The molecule has 10 heavy (non-hydrogen) atoms. The maximum Gasteiger partial charge on any atom is 0.232 e. The Kier molecular flexibility index (Phi) is 2.90. The van der Waals surface area contributed by atoms with E-state index in [1.807, 2.05) is 0 Å². The van der Waals surface area contributed by atoms with Crippen LogP contribution in [0.1, 0.15) is 13.3 Å². The van der Waals surface area contributed by atoms with E-state index in [9.17, 15) is 9.59 Å². The van der Waals surface area contributed by atoms with E-state index in [1.165, 1.54) is 11.9 Å². The Balaban J connectivity index is 0.000000810. The van der Waals surface area contributed by atoms with Crippen molar-refractivity contribution in [1.29, 1.82) is 0 Å². The molecule has 1 aliphatic heterocycles. The number of hydrogen-bond acceptors (Lipinski definition) is 2. The van der Waals surface area contributed by atoms with Gasteiger partial charge in [0.15, 0.2) is 0 Å². The number of amides is 2. The lowest BCUT2D eigenvalue weighted by molar-refractivity contribution is -0.137. The second-order valence-corrected chi connectivity index (χ2v) is 2.40. The summed E-state index contributed by atoms with van der Waals surface area (Å²) in [6.45, 7) is 1.77. The van der Waals surface area contributed by atoms with E-state index in [0.29, 0.717) is 6.42 Å².